The third-order valence-electron chi connectivity index (χ3n) is 5.70. The van der Waals surface area contributed by atoms with Crippen LogP contribution in [0.25, 0.3) is 0 Å². The summed E-state index contributed by atoms with van der Waals surface area (Å²) in [5.74, 6) is 0. The van der Waals surface area contributed by atoms with Crippen molar-refractivity contribution in [1.29, 1.82) is 0 Å². The van der Waals surface area contributed by atoms with Crippen molar-refractivity contribution in [3.63, 3.8) is 0 Å². The first-order chi connectivity index (χ1) is 13.6. The maximum atomic E-state index is 5.64. The van der Waals surface area contributed by atoms with Gasteiger partial charge in [-0.3, -0.25) is 0 Å². The molecule has 0 radical (unpaired) electrons. The first-order valence-electron chi connectivity index (χ1n) is 11.0. The molecule has 1 aliphatic rings. The van der Waals surface area contributed by atoms with Crippen LogP contribution in [0.1, 0.15) is 77.2 Å². The van der Waals surface area contributed by atoms with Crippen LogP contribution < -0.4 is 0 Å². The van der Waals surface area contributed by atoms with E-state index in [1.807, 2.05) is 0 Å². The Morgan fingerprint density at radius 3 is 2.39 bits per heavy atom. The first kappa shape index (κ1) is 23.2. The topological polar surface area (TPSA) is 12.5 Å². The van der Waals surface area contributed by atoms with Gasteiger partial charge in [-0.25, -0.2) is 0 Å². The van der Waals surface area contributed by atoms with Gasteiger partial charge < -0.3 is 9.64 Å². The summed E-state index contributed by atoms with van der Waals surface area (Å²) in [6.07, 6.45) is 18.6. The quantitative estimate of drug-likeness (QED) is 0.288. The Bertz CT molecular complexity index is 639. The van der Waals surface area contributed by atoms with Gasteiger partial charge >= 0.3 is 0 Å². The SMILES string of the molecule is CCCCCCCCCCN(Cc1cccc(Br)c1)C1=CCC(C)(OC)C=C1. The summed E-state index contributed by atoms with van der Waals surface area (Å²) in [4.78, 5) is 2.53. The van der Waals surface area contributed by atoms with Crippen LogP contribution >= 0.6 is 15.9 Å². The molecule has 0 amide bonds. The van der Waals surface area contributed by atoms with E-state index in [1.54, 1.807) is 7.11 Å². The van der Waals surface area contributed by atoms with E-state index in [0.717, 1.165) is 24.0 Å². The van der Waals surface area contributed by atoms with Gasteiger partial charge in [-0.15, -0.1) is 0 Å². The lowest BCUT2D eigenvalue weighted by Gasteiger charge is -2.32. The second kappa shape index (κ2) is 12.5. The highest BCUT2D eigenvalue weighted by Gasteiger charge is 2.23. The molecule has 28 heavy (non-hydrogen) atoms. The van der Waals surface area contributed by atoms with Gasteiger partial charge in [-0.05, 0) is 37.1 Å². The number of hydrogen-bond donors (Lipinski definition) is 0. The van der Waals surface area contributed by atoms with Crippen molar-refractivity contribution in [3.05, 3.63) is 58.2 Å². The van der Waals surface area contributed by atoms with Crippen LogP contribution in [0.4, 0.5) is 0 Å². The molecule has 0 spiro atoms. The van der Waals surface area contributed by atoms with E-state index in [4.69, 9.17) is 4.74 Å². The number of ether oxygens (including phenoxy) is 1. The molecule has 0 aliphatic heterocycles. The van der Waals surface area contributed by atoms with E-state index in [2.05, 4.69) is 77.2 Å². The Morgan fingerprint density at radius 1 is 1.07 bits per heavy atom. The zero-order valence-corrected chi connectivity index (χ0v) is 19.6. The normalized spacial score (nSPS) is 18.9. The monoisotopic (exact) mass is 447 g/mol. The Hall–Kier alpha value is -1.06. The smallest absolute Gasteiger partial charge is 0.0869 e. The van der Waals surface area contributed by atoms with Crippen molar-refractivity contribution in [2.45, 2.75) is 83.8 Å². The van der Waals surface area contributed by atoms with Gasteiger partial charge in [-0.2, -0.15) is 0 Å². The summed E-state index contributed by atoms with van der Waals surface area (Å²) in [7, 11) is 1.79. The predicted octanol–water partition coefficient (Wildman–Crippen LogP) is 7.64. The molecular weight excluding hydrogens is 410 g/mol. The molecule has 0 saturated heterocycles. The van der Waals surface area contributed by atoms with E-state index < -0.39 is 0 Å². The average molecular weight is 448 g/mol. The van der Waals surface area contributed by atoms with Gasteiger partial charge in [0, 0.05) is 36.8 Å². The van der Waals surface area contributed by atoms with Crippen LogP contribution in [0.5, 0.6) is 0 Å². The van der Waals surface area contributed by atoms with Crippen molar-refractivity contribution in [1.82, 2.24) is 4.90 Å². The summed E-state index contributed by atoms with van der Waals surface area (Å²) < 4.78 is 6.79. The molecular formula is C25H38BrNO. The van der Waals surface area contributed by atoms with Crippen molar-refractivity contribution in [2.75, 3.05) is 13.7 Å². The van der Waals surface area contributed by atoms with Gasteiger partial charge in [0.2, 0.25) is 0 Å². The predicted molar refractivity (Wildman–Crippen MR) is 124 cm³/mol. The van der Waals surface area contributed by atoms with Crippen LogP contribution in [0.3, 0.4) is 0 Å². The molecule has 0 N–H and O–H groups in total. The zero-order valence-electron chi connectivity index (χ0n) is 18.1. The first-order valence-corrected chi connectivity index (χ1v) is 11.8. The largest absolute Gasteiger partial charge is 0.374 e. The lowest BCUT2D eigenvalue weighted by atomic mass is 9.95. The lowest BCUT2D eigenvalue weighted by molar-refractivity contribution is 0.0493. The molecule has 3 heteroatoms. The number of rotatable bonds is 13. The molecule has 0 fully saturated rings. The molecule has 0 heterocycles. The fourth-order valence-electron chi connectivity index (χ4n) is 3.68. The number of halogens is 1. The number of methoxy groups -OCH3 is 1. The third kappa shape index (κ3) is 8.13. The van der Waals surface area contributed by atoms with Crippen LogP contribution in [-0.4, -0.2) is 24.2 Å². The lowest BCUT2D eigenvalue weighted by Crippen LogP contribution is -2.29. The molecule has 0 saturated carbocycles. The van der Waals surface area contributed by atoms with Gasteiger partial charge in [0.25, 0.3) is 0 Å². The molecule has 2 nitrogen and oxygen atoms in total. The highest BCUT2D eigenvalue weighted by Crippen LogP contribution is 2.27. The maximum Gasteiger partial charge on any atom is 0.0869 e. The molecule has 0 bridgehead atoms. The van der Waals surface area contributed by atoms with Gasteiger partial charge in [-0.1, -0.05) is 92.1 Å². The molecule has 1 unspecified atom stereocenters. The summed E-state index contributed by atoms with van der Waals surface area (Å²) in [6.45, 7) is 6.49. The number of allylic oxidation sites excluding steroid dienone is 1. The third-order valence-corrected chi connectivity index (χ3v) is 6.19. The number of nitrogens with zero attached hydrogens (tertiary/aromatic N) is 1. The van der Waals surface area contributed by atoms with Gasteiger partial charge in [0.1, 0.15) is 0 Å². The van der Waals surface area contributed by atoms with Crippen molar-refractivity contribution in [3.8, 4) is 0 Å². The maximum absolute atomic E-state index is 5.64. The zero-order chi connectivity index (χ0) is 20.2. The highest BCUT2D eigenvalue weighted by molar-refractivity contribution is 9.10. The van der Waals surface area contributed by atoms with E-state index in [0.29, 0.717) is 0 Å². The van der Waals surface area contributed by atoms with E-state index in [-0.39, 0.29) is 5.60 Å². The van der Waals surface area contributed by atoms with Crippen LogP contribution in [0.15, 0.2) is 52.7 Å². The van der Waals surface area contributed by atoms with E-state index in [1.165, 1.54) is 62.6 Å². The standard InChI is InChI=1S/C25H38BrNO/c1-4-5-6-7-8-9-10-11-19-27(21-22-13-12-14-23(26)20-22)24-15-17-25(2,28-3)18-16-24/h12-17,20H,4-11,18-19,21H2,1-3H3. The van der Waals surface area contributed by atoms with Crippen LogP contribution in [0, 0.1) is 0 Å². The molecule has 1 aromatic rings. The molecule has 0 aromatic heterocycles. The Morgan fingerprint density at radius 2 is 1.79 bits per heavy atom. The average Bonchev–Trinajstić information content (AvgIpc) is 2.70. The molecule has 1 aromatic carbocycles. The van der Waals surface area contributed by atoms with E-state index >= 15 is 0 Å². The summed E-state index contributed by atoms with van der Waals surface area (Å²) >= 11 is 3.61. The molecule has 1 atom stereocenters. The Kier molecular flexibility index (Phi) is 10.4. The van der Waals surface area contributed by atoms with Crippen molar-refractivity contribution >= 4 is 15.9 Å². The minimum atomic E-state index is -0.163. The molecule has 2 rings (SSSR count). The Labute approximate surface area is 181 Å². The highest BCUT2D eigenvalue weighted by atomic mass is 79.9. The molecule has 156 valence electrons. The summed E-state index contributed by atoms with van der Waals surface area (Å²) in [5.41, 5.74) is 2.52. The van der Waals surface area contributed by atoms with E-state index in [9.17, 15) is 0 Å². The fourth-order valence-corrected chi connectivity index (χ4v) is 4.13. The number of benzene rings is 1. The minimum Gasteiger partial charge on any atom is -0.374 e. The summed E-state index contributed by atoms with van der Waals surface area (Å²) in [6, 6.07) is 8.67. The number of unbranched alkanes of at least 4 members (excludes halogenated alkanes) is 7. The van der Waals surface area contributed by atoms with Crippen molar-refractivity contribution < 1.29 is 4.74 Å². The second-order valence-corrected chi connectivity index (χ2v) is 9.13. The number of hydrogen-bond acceptors (Lipinski definition) is 2. The van der Waals surface area contributed by atoms with Crippen LogP contribution in [0.2, 0.25) is 0 Å². The van der Waals surface area contributed by atoms with Crippen molar-refractivity contribution in [2.24, 2.45) is 0 Å². The summed E-state index contributed by atoms with van der Waals surface area (Å²) in [5, 5.41) is 0. The second-order valence-electron chi connectivity index (χ2n) is 8.21. The van der Waals surface area contributed by atoms with Crippen LogP contribution in [-0.2, 0) is 11.3 Å². The van der Waals surface area contributed by atoms with Gasteiger partial charge in [0.15, 0.2) is 0 Å². The Balaban J connectivity index is 1.89. The fraction of sp³-hybridized carbons (Fsp3) is 0.600. The molecule has 1 aliphatic carbocycles. The van der Waals surface area contributed by atoms with Gasteiger partial charge in [0.05, 0.1) is 5.60 Å². The minimum absolute atomic E-state index is 0.163.